The highest BCUT2D eigenvalue weighted by Crippen LogP contribution is 2.31. The summed E-state index contributed by atoms with van der Waals surface area (Å²) in [4.78, 5) is 25.9. The van der Waals surface area contributed by atoms with Crippen molar-refractivity contribution in [2.75, 3.05) is 20.6 Å². The van der Waals surface area contributed by atoms with Gasteiger partial charge in [0.05, 0.1) is 11.7 Å². The highest BCUT2D eigenvalue weighted by atomic mass is 16.2. The second-order valence-electron chi connectivity index (χ2n) is 6.30. The lowest BCUT2D eigenvalue weighted by Gasteiger charge is -2.24. The predicted octanol–water partition coefficient (Wildman–Crippen LogP) is 1.85. The molecule has 0 aliphatic carbocycles. The number of aryl methyl sites for hydroxylation is 1. The van der Waals surface area contributed by atoms with Gasteiger partial charge in [-0.05, 0) is 45.1 Å². The molecule has 0 unspecified atom stereocenters. The first kappa shape index (κ1) is 15.7. The van der Waals surface area contributed by atoms with Gasteiger partial charge in [-0.2, -0.15) is 0 Å². The van der Waals surface area contributed by atoms with Crippen LogP contribution in [0.1, 0.15) is 40.9 Å². The molecule has 1 saturated heterocycles. The van der Waals surface area contributed by atoms with Crippen molar-refractivity contribution in [3.8, 4) is 0 Å². The smallest absolute Gasteiger partial charge is 0.271 e. The maximum atomic E-state index is 12.8. The number of amides is 1. The molecule has 0 bridgehead atoms. The van der Waals surface area contributed by atoms with Crippen LogP contribution in [-0.4, -0.2) is 50.9 Å². The Hall–Kier alpha value is -2.21. The molecule has 0 radical (unpaired) electrons. The van der Waals surface area contributed by atoms with E-state index < -0.39 is 0 Å². The molecule has 1 amide bonds. The van der Waals surface area contributed by atoms with Crippen molar-refractivity contribution >= 4 is 5.91 Å². The maximum absolute atomic E-state index is 12.8. The van der Waals surface area contributed by atoms with Crippen molar-refractivity contribution in [2.24, 2.45) is 7.05 Å². The van der Waals surface area contributed by atoms with Crippen molar-refractivity contribution in [3.05, 3.63) is 47.8 Å². The van der Waals surface area contributed by atoms with E-state index in [0.717, 1.165) is 37.4 Å². The number of hydrogen-bond donors (Lipinski definition) is 0. The number of carbonyl (C=O) groups excluding carboxylic acids is 1. The zero-order valence-electron chi connectivity index (χ0n) is 13.9. The molecule has 3 heterocycles. The minimum Gasteiger partial charge on any atom is -0.347 e. The number of aromatic nitrogens is 3. The Morgan fingerprint density at radius 3 is 2.91 bits per heavy atom. The summed E-state index contributed by atoms with van der Waals surface area (Å²) < 4.78 is 1.86. The zero-order chi connectivity index (χ0) is 16.4. The minimum atomic E-state index is -0.0282. The van der Waals surface area contributed by atoms with Crippen molar-refractivity contribution in [3.63, 3.8) is 0 Å². The molecule has 6 nitrogen and oxygen atoms in total. The molecule has 0 saturated carbocycles. The number of nitrogens with zero attached hydrogens (tertiary/aromatic N) is 5. The SMILES string of the molecule is CN(C)Cc1ccnc([C@H]2CCCN2C(=O)c2cccn2C)n1. The Kier molecular flexibility index (Phi) is 4.43. The summed E-state index contributed by atoms with van der Waals surface area (Å²) in [6.45, 7) is 1.53. The standard InChI is InChI=1S/C17H23N5O/c1-20(2)12-13-8-9-18-16(19-13)14-6-5-11-22(14)17(23)15-7-4-10-21(15)3/h4,7-10,14H,5-6,11-12H2,1-3H3/t14-/m1/s1. The first-order valence-electron chi connectivity index (χ1n) is 7.95. The topological polar surface area (TPSA) is 54.3 Å². The van der Waals surface area contributed by atoms with E-state index in [1.54, 1.807) is 6.20 Å². The molecular weight excluding hydrogens is 290 g/mol. The third-order valence-electron chi connectivity index (χ3n) is 4.18. The van der Waals surface area contributed by atoms with Gasteiger partial charge in [-0.3, -0.25) is 4.79 Å². The van der Waals surface area contributed by atoms with Crippen LogP contribution < -0.4 is 0 Å². The third-order valence-corrected chi connectivity index (χ3v) is 4.18. The average molecular weight is 313 g/mol. The number of hydrogen-bond acceptors (Lipinski definition) is 4. The lowest BCUT2D eigenvalue weighted by molar-refractivity contribution is 0.0720. The quantitative estimate of drug-likeness (QED) is 0.864. The van der Waals surface area contributed by atoms with Crippen LogP contribution in [0.15, 0.2) is 30.6 Å². The second kappa shape index (κ2) is 6.50. The maximum Gasteiger partial charge on any atom is 0.271 e. The van der Waals surface area contributed by atoms with Gasteiger partial charge in [0.1, 0.15) is 5.69 Å². The van der Waals surface area contributed by atoms with Crippen LogP contribution in [0.4, 0.5) is 0 Å². The molecule has 1 atom stereocenters. The molecule has 2 aromatic rings. The van der Waals surface area contributed by atoms with E-state index in [1.807, 2.05) is 55.0 Å². The highest BCUT2D eigenvalue weighted by Gasteiger charge is 2.33. The van der Waals surface area contributed by atoms with E-state index in [4.69, 9.17) is 0 Å². The van der Waals surface area contributed by atoms with Crippen molar-refractivity contribution < 1.29 is 4.79 Å². The molecule has 23 heavy (non-hydrogen) atoms. The Balaban J connectivity index is 1.84. The summed E-state index contributed by atoms with van der Waals surface area (Å²) in [7, 11) is 5.93. The van der Waals surface area contributed by atoms with Crippen LogP contribution in [0.3, 0.4) is 0 Å². The molecule has 0 N–H and O–H groups in total. The zero-order valence-corrected chi connectivity index (χ0v) is 13.9. The fourth-order valence-corrected chi connectivity index (χ4v) is 3.09. The van der Waals surface area contributed by atoms with Gasteiger partial charge in [0.2, 0.25) is 0 Å². The Morgan fingerprint density at radius 1 is 1.39 bits per heavy atom. The minimum absolute atomic E-state index is 0.0282. The Bertz CT molecular complexity index is 694. The van der Waals surface area contributed by atoms with Gasteiger partial charge in [0.15, 0.2) is 5.82 Å². The molecule has 122 valence electrons. The molecule has 0 aromatic carbocycles. The van der Waals surface area contributed by atoms with Gasteiger partial charge in [0.25, 0.3) is 5.91 Å². The van der Waals surface area contributed by atoms with Gasteiger partial charge in [-0.15, -0.1) is 0 Å². The fraction of sp³-hybridized carbons (Fsp3) is 0.471. The van der Waals surface area contributed by atoms with E-state index in [0.29, 0.717) is 5.69 Å². The summed E-state index contributed by atoms with van der Waals surface area (Å²) in [5.74, 6) is 0.811. The lowest BCUT2D eigenvalue weighted by atomic mass is 10.2. The molecule has 0 spiro atoms. The highest BCUT2D eigenvalue weighted by molar-refractivity contribution is 5.93. The summed E-state index contributed by atoms with van der Waals surface area (Å²) in [5, 5.41) is 0. The predicted molar refractivity (Wildman–Crippen MR) is 87.8 cm³/mol. The van der Waals surface area contributed by atoms with E-state index in [2.05, 4.69) is 14.9 Å². The second-order valence-corrected chi connectivity index (χ2v) is 6.30. The van der Waals surface area contributed by atoms with E-state index in [1.165, 1.54) is 0 Å². The molecule has 1 aliphatic heterocycles. The van der Waals surface area contributed by atoms with Crippen molar-refractivity contribution in [1.82, 2.24) is 24.3 Å². The molecule has 1 fully saturated rings. The molecular formula is C17H23N5O. The van der Waals surface area contributed by atoms with Gasteiger partial charge >= 0.3 is 0 Å². The van der Waals surface area contributed by atoms with E-state index >= 15 is 0 Å². The molecule has 2 aromatic heterocycles. The van der Waals surface area contributed by atoms with Gasteiger partial charge in [-0.25, -0.2) is 9.97 Å². The molecule has 1 aliphatic rings. The normalized spacial score (nSPS) is 17.9. The summed E-state index contributed by atoms with van der Waals surface area (Å²) >= 11 is 0. The summed E-state index contributed by atoms with van der Waals surface area (Å²) in [5.41, 5.74) is 1.69. The summed E-state index contributed by atoms with van der Waals surface area (Å²) in [6, 6.07) is 5.66. The van der Waals surface area contributed by atoms with E-state index in [-0.39, 0.29) is 11.9 Å². The molecule has 3 rings (SSSR count). The average Bonchev–Trinajstić information content (AvgIpc) is 3.15. The summed E-state index contributed by atoms with van der Waals surface area (Å²) in [6.07, 6.45) is 5.60. The first-order valence-corrected chi connectivity index (χ1v) is 7.95. The number of rotatable bonds is 4. The van der Waals surface area contributed by atoms with Crippen LogP contribution in [0, 0.1) is 0 Å². The van der Waals surface area contributed by atoms with Crippen LogP contribution >= 0.6 is 0 Å². The van der Waals surface area contributed by atoms with Crippen LogP contribution in [0.5, 0.6) is 0 Å². The van der Waals surface area contributed by atoms with Crippen LogP contribution in [0.2, 0.25) is 0 Å². The molecule has 6 heteroatoms. The van der Waals surface area contributed by atoms with Gasteiger partial charge in [0, 0.05) is 32.5 Å². The Morgan fingerprint density at radius 2 is 2.22 bits per heavy atom. The third kappa shape index (κ3) is 3.27. The monoisotopic (exact) mass is 313 g/mol. The van der Waals surface area contributed by atoms with E-state index in [9.17, 15) is 4.79 Å². The van der Waals surface area contributed by atoms with Crippen molar-refractivity contribution in [2.45, 2.75) is 25.4 Å². The van der Waals surface area contributed by atoms with Crippen LogP contribution in [-0.2, 0) is 13.6 Å². The van der Waals surface area contributed by atoms with Crippen LogP contribution in [0.25, 0.3) is 0 Å². The van der Waals surface area contributed by atoms with Gasteiger partial charge < -0.3 is 14.4 Å². The Labute approximate surface area is 136 Å². The number of likely N-dealkylation sites (tertiary alicyclic amines) is 1. The van der Waals surface area contributed by atoms with Crippen molar-refractivity contribution in [1.29, 1.82) is 0 Å². The van der Waals surface area contributed by atoms with Gasteiger partial charge in [-0.1, -0.05) is 0 Å². The first-order chi connectivity index (χ1) is 11.1. The number of carbonyl (C=O) groups is 1. The largest absolute Gasteiger partial charge is 0.347 e. The lowest BCUT2D eigenvalue weighted by Crippen LogP contribution is -2.32. The fourth-order valence-electron chi connectivity index (χ4n) is 3.09.